The quantitative estimate of drug-likeness (QED) is 0.533. The van der Waals surface area contributed by atoms with Gasteiger partial charge >= 0.3 is 0 Å². The van der Waals surface area contributed by atoms with Crippen LogP contribution in [0.3, 0.4) is 0 Å². The van der Waals surface area contributed by atoms with Crippen molar-refractivity contribution >= 4 is 22.4 Å². The number of anilines is 1. The third-order valence-corrected chi connectivity index (χ3v) is 4.94. The van der Waals surface area contributed by atoms with Crippen molar-refractivity contribution in [3.8, 4) is 17.2 Å². The topological polar surface area (TPSA) is 82.5 Å². The Morgan fingerprint density at radius 1 is 0.935 bits per heavy atom. The van der Waals surface area contributed by atoms with E-state index in [0.29, 0.717) is 33.6 Å². The van der Waals surface area contributed by atoms with Crippen LogP contribution in [0.25, 0.3) is 16.5 Å². The van der Waals surface area contributed by atoms with E-state index in [9.17, 15) is 9.59 Å². The van der Waals surface area contributed by atoms with Crippen LogP contribution in [0.1, 0.15) is 16.1 Å². The highest BCUT2D eigenvalue weighted by Gasteiger charge is 2.19. The second kappa shape index (κ2) is 8.31. The summed E-state index contributed by atoms with van der Waals surface area (Å²) in [5, 5.41) is 8.15. The summed E-state index contributed by atoms with van der Waals surface area (Å²) in [4.78, 5) is 26.3. The van der Waals surface area contributed by atoms with E-state index in [1.165, 1.54) is 11.8 Å². The number of fused-ring (bicyclic) bond motifs is 1. The standard InChI is InChI=1S/C24H21N3O4/c1-15-8-13-21(31-3)20(14-15)25-23(28)22-18-6-4-5-7-19(18)24(29)27(26-22)16-9-11-17(30-2)12-10-16/h4-14H,1-3H3,(H,25,28). The Balaban J connectivity index is 1.85. The zero-order valence-corrected chi connectivity index (χ0v) is 17.4. The number of aryl methyl sites for hydroxylation is 1. The zero-order valence-electron chi connectivity index (χ0n) is 17.4. The van der Waals surface area contributed by atoms with E-state index in [2.05, 4.69) is 10.4 Å². The molecule has 1 N–H and O–H groups in total. The summed E-state index contributed by atoms with van der Waals surface area (Å²) in [6.07, 6.45) is 0. The number of carbonyl (C=O) groups excluding carboxylic acids is 1. The molecule has 0 fully saturated rings. The summed E-state index contributed by atoms with van der Waals surface area (Å²) in [6, 6.07) is 19.3. The average molecular weight is 415 g/mol. The number of ether oxygens (including phenoxy) is 2. The Bertz CT molecular complexity index is 1330. The van der Waals surface area contributed by atoms with Gasteiger partial charge in [-0.3, -0.25) is 9.59 Å². The first-order valence-corrected chi connectivity index (χ1v) is 9.64. The average Bonchev–Trinajstić information content (AvgIpc) is 2.80. The first kappa shape index (κ1) is 20.2. The van der Waals surface area contributed by atoms with Crippen molar-refractivity contribution in [2.24, 2.45) is 0 Å². The molecular weight excluding hydrogens is 394 g/mol. The third kappa shape index (κ3) is 3.85. The number of aromatic nitrogens is 2. The summed E-state index contributed by atoms with van der Waals surface area (Å²) in [6.45, 7) is 1.92. The Hall–Kier alpha value is -4.13. The molecule has 0 saturated heterocycles. The minimum absolute atomic E-state index is 0.134. The largest absolute Gasteiger partial charge is 0.497 e. The number of amides is 1. The number of benzene rings is 3. The number of hydrogen-bond donors (Lipinski definition) is 1. The van der Waals surface area contributed by atoms with E-state index in [0.717, 1.165) is 5.56 Å². The molecule has 7 nitrogen and oxygen atoms in total. The van der Waals surface area contributed by atoms with Crippen LogP contribution in [-0.2, 0) is 0 Å². The van der Waals surface area contributed by atoms with Gasteiger partial charge in [0, 0.05) is 5.39 Å². The molecule has 0 atom stereocenters. The summed E-state index contributed by atoms with van der Waals surface area (Å²) >= 11 is 0. The molecule has 156 valence electrons. The summed E-state index contributed by atoms with van der Waals surface area (Å²) in [5.41, 5.74) is 1.84. The van der Waals surface area contributed by atoms with Crippen LogP contribution in [0.15, 0.2) is 71.5 Å². The van der Waals surface area contributed by atoms with Crippen molar-refractivity contribution in [2.75, 3.05) is 19.5 Å². The summed E-state index contributed by atoms with van der Waals surface area (Å²) in [5.74, 6) is 0.746. The monoisotopic (exact) mass is 415 g/mol. The van der Waals surface area contributed by atoms with E-state index < -0.39 is 5.91 Å². The normalized spacial score (nSPS) is 10.7. The van der Waals surface area contributed by atoms with Crippen LogP contribution in [0.2, 0.25) is 0 Å². The predicted molar refractivity (Wildman–Crippen MR) is 120 cm³/mol. The lowest BCUT2D eigenvalue weighted by atomic mass is 10.1. The fraction of sp³-hybridized carbons (Fsp3) is 0.125. The van der Waals surface area contributed by atoms with Gasteiger partial charge in [0.25, 0.3) is 11.5 Å². The molecule has 31 heavy (non-hydrogen) atoms. The van der Waals surface area contributed by atoms with Gasteiger partial charge < -0.3 is 14.8 Å². The molecule has 0 aliphatic carbocycles. The number of hydrogen-bond acceptors (Lipinski definition) is 5. The van der Waals surface area contributed by atoms with Crippen LogP contribution < -0.4 is 20.3 Å². The van der Waals surface area contributed by atoms with Crippen LogP contribution in [-0.4, -0.2) is 29.9 Å². The van der Waals surface area contributed by atoms with Crippen molar-refractivity contribution in [3.05, 3.63) is 88.3 Å². The first-order valence-electron chi connectivity index (χ1n) is 9.64. The minimum Gasteiger partial charge on any atom is -0.497 e. The lowest BCUT2D eigenvalue weighted by Crippen LogP contribution is -2.26. The molecule has 4 aromatic rings. The van der Waals surface area contributed by atoms with Gasteiger partial charge in [-0.15, -0.1) is 0 Å². The number of nitrogens with zero attached hydrogens (tertiary/aromatic N) is 2. The highest BCUT2D eigenvalue weighted by atomic mass is 16.5. The second-order valence-electron chi connectivity index (χ2n) is 6.97. The van der Waals surface area contributed by atoms with Crippen molar-refractivity contribution in [1.29, 1.82) is 0 Å². The van der Waals surface area contributed by atoms with Gasteiger partial charge in [0.1, 0.15) is 11.5 Å². The van der Waals surface area contributed by atoms with Crippen molar-refractivity contribution in [1.82, 2.24) is 9.78 Å². The summed E-state index contributed by atoms with van der Waals surface area (Å²) < 4.78 is 11.8. The van der Waals surface area contributed by atoms with Crippen LogP contribution >= 0.6 is 0 Å². The predicted octanol–water partition coefficient (Wildman–Crippen LogP) is 3.96. The van der Waals surface area contributed by atoms with Crippen LogP contribution in [0.4, 0.5) is 5.69 Å². The van der Waals surface area contributed by atoms with Crippen molar-refractivity contribution in [2.45, 2.75) is 6.92 Å². The highest BCUT2D eigenvalue weighted by Crippen LogP contribution is 2.26. The molecular formula is C24H21N3O4. The molecule has 0 aliphatic heterocycles. The second-order valence-corrected chi connectivity index (χ2v) is 6.97. The van der Waals surface area contributed by atoms with E-state index in [1.54, 1.807) is 61.7 Å². The number of carbonyl (C=O) groups is 1. The zero-order chi connectivity index (χ0) is 22.0. The highest BCUT2D eigenvalue weighted by molar-refractivity contribution is 6.11. The molecule has 1 aromatic heterocycles. The van der Waals surface area contributed by atoms with Gasteiger partial charge in [-0.2, -0.15) is 9.78 Å². The third-order valence-electron chi connectivity index (χ3n) is 4.94. The fourth-order valence-corrected chi connectivity index (χ4v) is 3.36. The number of nitrogens with one attached hydrogen (secondary N) is 1. The van der Waals surface area contributed by atoms with E-state index in [1.807, 2.05) is 19.1 Å². The van der Waals surface area contributed by atoms with Crippen LogP contribution in [0.5, 0.6) is 11.5 Å². The lowest BCUT2D eigenvalue weighted by molar-refractivity contribution is 0.102. The smallest absolute Gasteiger partial charge is 0.279 e. The van der Waals surface area contributed by atoms with Gasteiger partial charge in [-0.1, -0.05) is 24.3 Å². The number of rotatable bonds is 5. The molecule has 1 amide bonds. The molecule has 0 bridgehead atoms. The molecule has 0 saturated carbocycles. The van der Waals surface area contributed by atoms with E-state index >= 15 is 0 Å². The molecule has 0 unspecified atom stereocenters. The molecule has 1 heterocycles. The van der Waals surface area contributed by atoms with Crippen molar-refractivity contribution < 1.29 is 14.3 Å². The maximum atomic E-state index is 13.2. The molecule has 0 spiro atoms. The first-order chi connectivity index (χ1) is 15.0. The lowest BCUT2D eigenvalue weighted by Gasteiger charge is -2.13. The molecule has 0 aliphatic rings. The van der Waals surface area contributed by atoms with E-state index in [-0.39, 0.29) is 11.3 Å². The van der Waals surface area contributed by atoms with Gasteiger partial charge in [-0.25, -0.2) is 0 Å². The minimum atomic E-state index is -0.442. The molecule has 0 radical (unpaired) electrons. The Morgan fingerprint density at radius 2 is 1.65 bits per heavy atom. The van der Waals surface area contributed by atoms with Crippen LogP contribution in [0, 0.1) is 6.92 Å². The molecule has 4 rings (SSSR count). The van der Waals surface area contributed by atoms with Gasteiger partial charge in [0.05, 0.1) is 31.0 Å². The fourth-order valence-electron chi connectivity index (χ4n) is 3.36. The molecule has 3 aromatic carbocycles. The Kier molecular flexibility index (Phi) is 5.41. The Labute approximate surface area is 178 Å². The van der Waals surface area contributed by atoms with Crippen molar-refractivity contribution in [3.63, 3.8) is 0 Å². The maximum absolute atomic E-state index is 13.2. The molecule has 7 heteroatoms. The Morgan fingerprint density at radius 3 is 2.32 bits per heavy atom. The SMILES string of the molecule is COc1ccc(-n2nc(C(=O)Nc3cc(C)ccc3OC)c3ccccc3c2=O)cc1. The summed E-state index contributed by atoms with van der Waals surface area (Å²) in [7, 11) is 3.11. The maximum Gasteiger partial charge on any atom is 0.279 e. The van der Waals surface area contributed by atoms with Gasteiger partial charge in [0.2, 0.25) is 0 Å². The number of methoxy groups -OCH3 is 2. The van der Waals surface area contributed by atoms with Gasteiger partial charge in [-0.05, 0) is 55.0 Å². The van der Waals surface area contributed by atoms with Gasteiger partial charge in [0.15, 0.2) is 5.69 Å². The van der Waals surface area contributed by atoms with E-state index in [4.69, 9.17) is 9.47 Å².